The summed E-state index contributed by atoms with van der Waals surface area (Å²) in [6.45, 7) is 4.57. The zero-order valence-corrected chi connectivity index (χ0v) is 14.1. The molecule has 0 unspecified atom stereocenters. The fourth-order valence-electron chi connectivity index (χ4n) is 2.64. The van der Waals surface area contributed by atoms with Crippen LogP contribution in [-0.2, 0) is 5.41 Å². The lowest BCUT2D eigenvalue weighted by Crippen LogP contribution is -2.28. The van der Waals surface area contributed by atoms with Gasteiger partial charge in [0.1, 0.15) is 17.4 Å². The summed E-state index contributed by atoms with van der Waals surface area (Å²) in [4.78, 5) is 7.59. The molecule has 122 valence electrons. The van der Waals surface area contributed by atoms with Gasteiger partial charge in [-0.05, 0) is 29.8 Å². The van der Waals surface area contributed by atoms with Crippen LogP contribution in [-0.4, -0.2) is 16.5 Å². The van der Waals surface area contributed by atoms with Crippen molar-refractivity contribution >= 4 is 28.6 Å². The Bertz CT molecular complexity index is 940. The molecule has 0 bridgehead atoms. The Morgan fingerprint density at radius 2 is 2.12 bits per heavy atom. The fraction of sp³-hybridized carbons (Fsp3) is 0.222. The zero-order chi connectivity index (χ0) is 17.3. The van der Waals surface area contributed by atoms with E-state index in [1.807, 2.05) is 26.0 Å². The summed E-state index contributed by atoms with van der Waals surface area (Å²) in [5, 5.41) is 12.8. The summed E-state index contributed by atoms with van der Waals surface area (Å²) < 4.78 is 13.2. The van der Waals surface area contributed by atoms with E-state index in [2.05, 4.69) is 21.4 Å². The number of nitrogens with zero attached hydrogens (tertiary/aromatic N) is 2. The van der Waals surface area contributed by atoms with Crippen molar-refractivity contribution in [2.24, 2.45) is 0 Å². The van der Waals surface area contributed by atoms with Crippen LogP contribution in [0.1, 0.15) is 25.0 Å². The normalized spacial score (nSPS) is 11.5. The molecule has 2 aromatic carbocycles. The summed E-state index contributed by atoms with van der Waals surface area (Å²) in [6, 6.07) is 12.0. The van der Waals surface area contributed by atoms with Crippen molar-refractivity contribution in [3.63, 3.8) is 0 Å². The minimum atomic E-state index is -0.353. The molecule has 0 aliphatic rings. The van der Waals surface area contributed by atoms with Crippen LogP contribution in [0.2, 0.25) is 5.02 Å². The Labute approximate surface area is 144 Å². The van der Waals surface area contributed by atoms with Crippen LogP contribution in [0, 0.1) is 17.1 Å². The molecule has 0 spiro atoms. The number of hydrogen-bond donors (Lipinski definition) is 2. The Morgan fingerprint density at radius 1 is 1.33 bits per heavy atom. The molecule has 0 fully saturated rings. The van der Waals surface area contributed by atoms with Crippen LogP contribution >= 0.6 is 11.6 Å². The van der Waals surface area contributed by atoms with Crippen LogP contribution in [0.3, 0.4) is 0 Å². The van der Waals surface area contributed by atoms with Gasteiger partial charge in [0.05, 0.1) is 11.1 Å². The number of imidazole rings is 1. The molecule has 0 aliphatic heterocycles. The molecular formula is C18H16ClFN4. The van der Waals surface area contributed by atoms with Gasteiger partial charge in [0.15, 0.2) is 0 Å². The Balaban J connectivity index is 1.83. The zero-order valence-electron chi connectivity index (χ0n) is 13.3. The van der Waals surface area contributed by atoms with Gasteiger partial charge in [0.2, 0.25) is 5.95 Å². The minimum absolute atomic E-state index is 0.332. The highest BCUT2D eigenvalue weighted by atomic mass is 35.5. The second-order valence-electron chi connectivity index (χ2n) is 6.26. The first-order chi connectivity index (χ1) is 11.4. The third-order valence-corrected chi connectivity index (χ3v) is 4.30. The molecular weight excluding hydrogens is 327 g/mol. The lowest BCUT2D eigenvalue weighted by molar-refractivity contribution is 0.552. The van der Waals surface area contributed by atoms with Gasteiger partial charge in [0, 0.05) is 17.0 Å². The number of halogens is 2. The average Bonchev–Trinajstić information content (AvgIpc) is 2.95. The second kappa shape index (κ2) is 6.14. The molecule has 3 aromatic rings. The summed E-state index contributed by atoms with van der Waals surface area (Å²) in [5.74, 6) is 0.229. The molecule has 24 heavy (non-hydrogen) atoms. The number of para-hydroxylation sites is 1. The average molecular weight is 343 g/mol. The van der Waals surface area contributed by atoms with Crippen molar-refractivity contribution in [3.05, 3.63) is 58.4 Å². The van der Waals surface area contributed by atoms with Crippen molar-refractivity contribution in [2.45, 2.75) is 19.3 Å². The maximum atomic E-state index is 13.2. The maximum Gasteiger partial charge on any atom is 0.201 e. The van der Waals surface area contributed by atoms with Gasteiger partial charge in [-0.15, -0.1) is 0 Å². The first-order valence-electron chi connectivity index (χ1n) is 7.49. The van der Waals surface area contributed by atoms with E-state index in [4.69, 9.17) is 16.9 Å². The van der Waals surface area contributed by atoms with E-state index in [1.54, 1.807) is 12.1 Å². The number of rotatable bonds is 4. The van der Waals surface area contributed by atoms with Crippen LogP contribution in [0.15, 0.2) is 36.4 Å². The van der Waals surface area contributed by atoms with Gasteiger partial charge in [-0.1, -0.05) is 37.6 Å². The van der Waals surface area contributed by atoms with Crippen molar-refractivity contribution in [3.8, 4) is 6.07 Å². The first-order valence-corrected chi connectivity index (χ1v) is 7.87. The predicted octanol–water partition coefficient (Wildman–Crippen LogP) is 4.62. The molecule has 0 saturated carbocycles. The number of hydrogen-bond acceptors (Lipinski definition) is 3. The van der Waals surface area contributed by atoms with Crippen molar-refractivity contribution in [1.82, 2.24) is 9.97 Å². The minimum Gasteiger partial charge on any atom is -0.355 e. The molecule has 1 heterocycles. The highest BCUT2D eigenvalue weighted by Crippen LogP contribution is 2.30. The van der Waals surface area contributed by atoms with Crippen molar-refractivity contribution in [1.29, 1.82) is 5.26 Å². The quantitative estimate of drug-likeness (QED) is 0.727. The lowest BCUT2D eigenvalue weighted by Gasteiger charge is -2.26. The van der Waals surface area contributed by atoms with Crippen molar-refractivity contribution < 1.29 is 4.39 Å². The number of aromatic amines is 1. The number of benzene rings is 2. The predicted molar refractivity (Wildman–Crippen MR) is 93.7 cm³/mol. The molecule has 0 saturated heterocycles. The Kier molecular flexibility index (Phi) is 4.16. The van der Waals surface area contributed by atoms with E-state index in [0.29, 0.717) is 28.6 Å². The van der Waals surface area contributed by atoms with Gasteiger partial charge in [-0.25, -0.2) is 9.37 Å². The van der Waals surface area contributed by atoms with Crippen LogP contribution in [0.25, 0.3) is 11.0 Å². The van der Waals surface area contributed by atoms with E-state index in [1.165, 1.54) is 12.1 Å². The van der Waals surface area contributed by atoms with E-state index in [-0.39, 0.29) is 11.2 Å². The largest absolute Gasteiger partial charge is 0.355 e. The topological polar surface area (TPSA) is 64.5 Å². The van der Waals surface area contributed by atoms with Crippen molar-refractivity contribution in [2.75, 3.05) is 11.9 Å². The van der Waals surface area contributed by atoms with Gasteiger partial charge in [0.25, 0.3) is 0 Å². The molecule has 0 radical (unpaired) electrons. The number of anilines is 1. The first kappa shape index (κ1) is 16.3. The molecule has 0 atom stereocenters. The highest BCUT2D eigenvalue weighted by Gasteiger charge is 2.24. The van der Waals surface area contributed by atoms with E-state index >= 15 is 0 Å². The summed E-state index contributed by atoms with van der Waals surface area (Å²) >= 11 is 6.17. The third-order valence-electron chi connectivity index (χ3n) is 3.99. The van der Waals surface area contributed by atoms with Crippen LogP contribution < -0.4 is 5.32 Å². The summed E-state index contributed by atoms with van der Waals surface area (Å²) in [6.07, 6.45) is 0. The van der Waals surface area contributed by atoms with Gasteiger partial charge >= 0.3 is 0 Å². The molecule has 1 aromatic heterocycles. The summed E-state index contributed by atoms with van der Waals surface area (Å²) in [7, 11) is 0. The molecule has 3 rings (SSSR count). The molecule has 6 heteroatoms. The van der Waals surface area contributed by atoms with Crippen LogP contribution in [0.5, 0.6) is 0 Å². The number of nitriles is 1. The molecule has 0 aliphatic carbocycles. The fourth-order valence-corrected chi connectivity index (χ4v) is 3.07. The highest BCUT2D eigenvalue weighted by molar-refractivity contribution is 6.31. The molecule has 0 amide bonds. The van der Waals surface area contributed by atoms with Gasteiger partial charge in [-0.3, -0.25) is 0 Å². The Hall–Kier alpha value is -2.58. The second-order valence-corrected chi connectivity index (χ2v) is 6.67. The SMILES string of the molecule is CC(C)(CNc1nc2c(C#N)cccc2[nH]1)c1ccc(F)cc1Cl. The van der Waals surface area contributed by atoms with Gasteiger partial charge < -0.3 is 10.3 Å². The Morgan fingerprint density at radius 3 is 2.83 bits per heavy atom. The number of fused-ring (bicyclic) bond motifs is 1. The number of H-pyrrole nitrogens is 1. The van der Waals surface area contributed by atoms with E-state index < -0.39 is 0 Å². The summed E-state index contributed by atoms with van der Waals surface area (Å²) in [5.41, 5.74) is 2.49. The number of aromatic nitrogens is 2. The van der Waals surface area contributed by atoms with E-state index in [0.717, 1.165) is 11.1 Å². The van der Waals surface area contributed by atoms with Crippen LogP contribution in [0.4, 0.5) is 10.3 Å². The molecule has 2 N–H and O–H groups in total. The monoisotopic (exact) mass is 342 g/mol. The standard InChI is InChI=1S/C18H16ClFN4/c1-18(2,13-7-6-12(20)8-14(13)19)10-22-17-23-15-5-3-4-11(9-21)16(15)24-17/h3-8H,10H2,1-2H3,(H2,22,23,24). The van der Waals surface area contributed by atoms with E-state index in [9.17, 15) is 4.39 Å². The lowest BCUT2D eigenvalue weighted by atomic mass is 9.84. The third kappa shape index (κ3) is 3.06. The smallest absolute Gasteiger partial charge is 0.201 e. The molecule has 4 nitrogen and oxygen atoms in total. The maximum absolute atomic E-state index is 13.2. The van der Waals surface area contributed by atoms with Gasteiger partial charge in [-0.2, -0.15) is 5.26 Å². The number of nitrogens with one attached hydrogen (secondary N) is 2.